The monoisotopic (exact) mass is 333 g/mol. The normalized spacial score (nSPS) is 11.0. The van der Waals surface area contributed by atoms with E-state index in [2.05, 4.69) is 14.8 Å². The molecule has 0 fully saturated rings. The third-order valence-corrected chi connectivity index (χ3v) is 3.12. The number of hydrogen-bond acceptors (Lipinski definition) is 8. The molecule has 0 saturated heterocycles. The molecule has 0 unspecified atom stereocenters. The van der Waals surface area contributed by atoms with Gasteiger partial charge in [-0.05, 0) is 12.1 Å². The van der Waals surface area contributed by atoms with Crippen molar-refractivity contribution in [1.29, 1.82) is 0 Å². The van der Waals surface area contributed by atoms with Crippen molar-refractivity contribution in [2.75, 3.05) is 26.6 Å². The van der Waals surface area contributed by atoms with Crippen LogP contribution in [-0.4, -0.2) is 33.3 Å². The van der Waals surface area contributed by atoms with Crippen molar-refractivity contribution in [2.45, 2.75) is 0 Å². The van der Waals surface area contributed by atoms with E-state index in [9.17, 15) is 14.4 Å². The second kappa shape index (κ2) is 7.32. The summed E-state index contributed by atoms with van der Waals surface area (Å²) < 4.78 is 19.5. The minimum absolute atomic E-state index is 0.0341. The van der Waals surface area contributed by atoms with Gasteiger partial charge in [0.15, 0.2) is 0 Å². The Morgan fingerprint density at radius 3 is 2.54 bits per heavy atom. The van der Waals surface area contributed by atoms with Gasteiger partial charge in [0.2, 0.25) is 5.43 Å². The maximum atomic E-state index is 12.5. The molecule has 1 heterocycles. The fourth-order valence-electron chi connectivity index (χ4n) is 1.90. The lowest BCUT2D eigenvalue weighted by Crippen LogP contribution is -2.19. The summed E-state index contributed by atoms with van der Waals surface area (Å²) in [6.07, 6.45) is 2.02. The number of hydrogen-bond donors (Lipinski definition) is 1. The summed E-state index contributed by atoms with van der Waals surface area (Å²) in [5, 5.41) is 2.81. The van der Waals surface area contributed by atoms with E-state index in [0.717, 1.165) is 26.6 Å². The van der Waals surface area contributed by atoms with Crippen LogP contribution in [0.1, 0.15) is 0 Å². The number of nitrogens with one attached hydrogen (secondary N) is 1. The van der Waals surface area contributed by atoms with Gasteiger partial charge in [0, 0.05) is 6.07 Å². The van der Waals surface area contributed by atoms with E-state index in [1.165, 1.54) is 13.2 Å². The summed E-state index contributed by atoms with van der Waals surface area (Å²) in [6.45, 7) is 0. The summed E-state index contributed by atoms with van der Waals surface area (Å²) in [6, 6.07) is 4.70. The maximum Gasteiger partial charge on any atom is 0.354 e. The molecule has 0 aliphatic rings. The highest BCUT2D eigenvalue weighted by Crippen LogP contribution is 2.20. The number of benzene rings is 1. The number of ether oxygens (including phenoxy) is 3. The van der Waals surface area contributed by atoms with Crippen molar-refractivity contribution in [1.82, 2.24) is 0 Å². The Labute approximate surface area is 136 Å². The summed E-state index contributed by atoms with van der Waals surface area (Å²) in [4.78, 5) is 35.5. The van der Waals surface area contributed by atoms with Crippen LogP contribution in [0.5, 0.6) is 5.75 Å². The number of carbonyl (C=O) groups excluding carboxylic acids is 2. The van der Waals surface area contributed by atoms with Gasteiger partial charge in [0.25, 0.3) is 0 Å². The Kier molecular flexibility index (Phi) is 5.20. The van der Waals surface area contributed by atoms with Crippen LogP contribution < -0.4 is 15.5 Å². The second-order valence-corrected chi connectivity index (χ2v) is 4.54. The molecule has 1 aromatic heterocycles. The number of methoxy groups -OCH3 is 3. The zero-order chi connectivity index (χ0) is 17.7. The molecule has 8 heteroatoms. The van der Waals surface area contributed by atoms with Crippen molar-refractivity contribution in [2.24, 2.45) is 0 Å². The Hall–Kier alpha value is -3.29. The molecule has 1 N–H and O–H groups in total. The topological polar surface area (TPSA) is 104 Å². The molecule has 0 amide bonds. The van der Waals surface area contributed by atoms with Crippen LogP contribution in [0.2, 0.25) is 0 Å². The second-order valence-electron chi connectivity index (χ2n) is 4.54. The molecule has 0 aliphatic carbocycles. The van der Waals surface area contributed by atoms with Crippen molar-refractivity contribution in [3.8, 4) is 5.75 Å². The van der Waals surface area contributed by atoms with Gasteiger partial charge in [-0.2, -0.15) is 0 Å². The maximum absolute atomic E-state index is 12.5. The van der Waals surface area contributed by atoms with Crippen LogP contribution in [-0.2, 0) is 19.1 Å². The lowest BCUT2D eigenvalue weighted by Gasteiger charge is -2.09. The highest BCUT2D eigenvalue weighted by atomic mass is 16.5. The molecule has 1 aromatic carbocycles. The minimum Gasteiger partial charge on any atom is -0.497 e. The molecule has 0 spiro atoms. The van der Waals surface area contributed by atoms with Crippen LogP contribution in [0.4, 0.5) is 5.69 Å². The van der Waals surface area contributed by atoms with Crippen molar-refractivity contribution in [3.63, 3.8) is 0 Å². The van der Waals surface area contributed by atoms with Crippen LogP contribution in [0.25, 0.3) is 11.0 Å². The van der Waals surface area contributed by atoms with Crippen LogP contribution in [0, 0.1) is 0 Å². The van der Waals surface area contributed by atoms with Gasteiger partial charge in [-0.3, -0.25) is 4.79 Å². The standard InChI is InChI=1S/C16H15NO7/c1-21-9-4-5-10-13(6-9)24-8-12(15(10)19)17-11(16(20)23-3)7-14(18)22-2/h4-8,17H,1-3H3/b11-7+. The average molecular weight is 333 g/mol. The predicted molar refractivity (Wildman–Crippen MR) is 84.8 cm³/mol. The van der Waals surface area contributed by atoms with E-state index >= 15 is 0 Å². The zero-order valence-electron chi connectivity index (χ0n) is 13.2. The van der Waals surface area contributed by atoms with Gasteiger partial charge in [-0.1, -0.05) is 0 Å². The summed E-state index contributed by atoms with van der Waals surface area (Å²) >= 11 is 0. The fourth-order valence-corrected chi connectivity index (χ4v) is 1.90. The van der Waals surface area contributed by atoms with Gasteiger partial charge < -0.3 is 23.9 Å². The first-order valence-electron chi connectivity index (χ1n) is 6.74. The fraction of sp³-hybridized carbons (Fsp3) is 0.188. The molecule has 0 saturated carbocycles. The molecule has 0 radical (unpaired) electrons. The third kappa shape index (κ3) is 3.54. The molecule has 0 atom stereocenters. The van der Waals surface area contributed by atoms with E-state index in [4.69, 9.17) is 9.15 Å². The quantitative estimate of drug-likeness (QED) is 0.647. The third-order valence-electron chi connectivity index (χ3n) is 3.12. The molecule has 24 heavy (non-hydrogen) atoms. The van der Waals surface area contributed by atoms with Gasteiger partial charge in [0.05, 0.1) is 32.8 Å². The van der Waals surface area contributed by atoms with Crippen LogP contribution in [0.3, 0.4) is 0 Å². The van der Waals surface area contributed by atoms with E-state index in [1.54, 1.807) is 12.1 Å². The van der Waals surface area contributed by atoms with E-state index in [0.29, 0.717) is 11.3 Å². The first-order valence-corrected chi connectivity index (χ1v) is 6.74. The van der Waals surface area contributed by atoms with Crippen LogP contribution in [0.15, 0.2) is 45.4 Å². The van der Waals surface area contributed by atoms with Gasteiger partial charge in [-0.15, -0.1) is 0 Å². The Morgan fingerprint density at radius 2 is 1.92 bits per heavy atom. The number of carbonyl (C=O) groups is 2. The molecule has 126 valence electrons. The van der Waals surface area contributed by atoms with Gasteiger partial charge in [0.1, 0.15) is 29.0 Å². The number of esters is 2. The smallest absolute Gasteiger partial charge is 0.354 e. The van der Waals surface area contributed by atoms with E-state index in [1.807, 2.05) is 0 Å². The first kappa shape index (κ1) is 17.1. The highest BCUT2D eigenvalue weighted by molar-refractivity contribution is 5.99. The average Bonchev–Trinajstić information content (AvgIpc) is 2.61. The largest absolute Gasteiger partial charge is 0.497 e. The number of anilines is 1. The molecule has 2 rings (SSSR count). The predicted octanol–water partition coefficient (Wildman–Crippen LogP) is 1.44. The summed E-state index contributed by atoms with van der Waals surface area (Å²) in [5.41, 5.74) is -0.391. The number of fused-ring (bicyclic) bond motifs is 1. The van der Waals surface area contributed by atoms with Gasteiger partial charge in [-0.25, -0.2) is 9.59 Å². The van der Waals surface area contributed by atoms with Crippen LogP contribution >= 0.6 is 0 Å². The lowest BCUT2D eigenvalue weighted by molar-refractivity contribution is -0.138. The van der Waals surface area contributed by atoms with E-state index < -0.39 is 17.4 Å². The molecule has 0 aliphatic heterocycles. The highest BCUT2D eigenvalue weighted by Gasteiger charge is 2.16. The molecular formula is C16H15NO7. The number of rotatable bonds is 5. The Morgan fingerprint density at radius 1 is 1.17 bits per heavy atom. The summed E-state index contributed by atoms with van der Waals surface area (Å²) in [7, 11) is 3.80. The van der Waals surface area contributed by atoms with E-state index in [-0.39, 0.29) is 16.8 Å². The SMILES string of the molecule is COC(=O)/C=C(/Nc1coc2cc(OC)ccc2c1=O)C(=O)OC. The first-order chi connectivity index (χ1) is 11.5. The summed E-state index contributed by atoms with van der Waals surface area (Å²) in [5.74, 6) is -1.08. The molecular weight excluding hydrogens is 318 g/mol. The lowest BCUT2D eigenvalue weighted by atomic mass is 10.2. The molecule has 0 bridgehead atoms. The Bertz CT molecular complexity index is 866. The van der Waals surface area contributed by atoms with Crippen molar-refractivity contribution < 1.29 is 28.2 Å². The molecule has 2 aromatic rings. The van der Waals surface area contributed by atoms with Gasteiger partial charge >= 0.3 is 11.9 Å². The Balaban J connectivity index is 2.46. The van der Waals surface area contributed by atoms with Crippen molar-refractivity contribution >= 4 is 28.6 Å². The minimum atomic E-state index is -0.838. The zero-order valence-corrected chi connectivity index (χ0v) is 13.2. The van der Waals surface area contributed by atoms with Crippen molar-refractivity contribution in [3.05, 3.63) is 46.5 Å². The molecule has 8 nitrogen and oxygen atoms in total.